The van der Waals surface area contributed by atoms with Crippen molar-refractivity contribution in [2.45, 2.75) is 6.42 Å². The maximum absolute atomic E-state index is 12.9. The summed E-state index contributed by atoms with van der Waals surface area (Å²) in [5.41, 5.74) is 0.996. The van der Waals surface area contributed by atoms with Crippen molar-refractivity contribution in [3.63, 3.8) is 0 Å². The quantitative estimate of drug-likeness (QED) is 0.487. The molecular weight excluding hydrogens is 455 g/mol. The van der Waals surface area contributed by atoms with Crippen molar-refractivity contribution in [1.82, 2.24) is 4.90 Å². The number of nitrogens with zero attached hydrogens (tertiary/aromatic N) is 1. The number of hydrogen-bond acceptors (Lipinski definition) is 6. The summed E-state index contributed by atoms with van der Waals surface area (Å²) in [6, 6.07) is 8.53. The van der Waals surface area contributed by atoms with Gasteiger partial charge in [-0.2, -0.15) is 0 Å². The molecule has 1 N–H and O–H groups in total. The molecule has 0 fully saturated rings. The Hall–Kier alpha value is -3.59. The monoisotopic (exact) mass is 476 g/mol. The molecule has 2 aromatic carbocycles. The molecule has 8 nitrogen and oxygen atoms in total. The number of benzene rings is 2. The van der Waals surface area contributed by atoms with Gasteiger partial charge in [0.2, 0.25) is 5.91 Å². The lowest BCUT2D eigenvalue weighted by Gasteiger charge is -2.16. The van der Waals surface area contributed by atoms with Crippen LogP contribution in [-0.4, -0.2) is 56.1 Å². The molecule has 0 spiro atoms. The molecule has 0 radical (unpaired) electrons. The number of nitrogens with one attached hydrogen (secondary N) is 1. The molecule has 0 saturated carbocycles. The van der Waals surface area contributed by atoms with Gasteiger partial charge in [0.1, 0.15) is 5.82 Å². The summed E-state index contributed by atoms with van der Waals surface area (Å²) in [5, 5.41) is 2.90. The molecule has 2 aromatic rings. The molecule has 174 valence electrons. The molecule has 10 heteroatoms. The lowest BCUT2D eigenvalue weighted by atomic mass is 10.2. The van der Waals surface area contributed by atoms with Crippen LogP contribution in [0.4, 0.5) is 10.1 Å². The van der Waals surface area contributed by atoms with Crippen LogP contribution in [0.5, 0.6) is 11.5 Å². The summed E-state index contributed by atoms with van der Waals surface area (Å²) in [7, 11) is 1.40. The molecule has 0 aromatic heterocycles. The van der Waals surface area contributed by atoms with Gasteiger partial charge in [0.15, 0.2) is 18.1 Å². The van der Waals surface area contributed by atoms with E-state index in [9.17, 15) is 18.8 Å². The third-order valence-corrected chi connectivity index (χ3v) is 4.79. The fourth-order valence-corrected chi connectivity index (χ4v) is 3.11. The summed E-state index contributed by atoms with van der Waals surface area (Å²) in [4.78, 5) is 37.2. The SMILES string of the molecule is CN(CC(=O)Nc1ccc(F)cc1)C(=O)COC(=O)C=Cc1cc(Cl)c2c(c1)OCCCO2. The van der Waals surface area contributed by atoms with Gasteiger partial charge < -0.3 is 24.4 Å². The normalized spacial score (nSPS) is 12.7. The van der Waals surface area contributed by atoms with E-state index in [0.29, 0.717) is 41.0 Å². The van der Waals surface area contributed by atoms with Crippen LogP contribution in [0.1, 0.15) is 12.0 Å². The number of anilines is 1. The van der Waals surface area contributed by atoms with Gasteiger partial charge in [0.05, 0.1) is 24.8 Å². The predicted octanol–water partition coefficient (Wildman–Crippen LogP) is 3.29. The first kappa shape index (κ1) is 24.1. The molecule has 33 heavy (non-hydrogen) atoms. The van der Waals surface area contributed by atoms with Crippen LogP contribution in [0.2, 0.25) is 5.02 Å². The largest absolute Gasteiger partial charge is 0.489 e. The van der Waals surface area contributed by atoms with Crippen molar-refractivity contribution in [3.8, 4) is 11.5 Å². The number of ether oxygens (including phenoxy) is 3. The van der Waals surface area contributed by atoms with Crippen molar-refractivity contribution in [2.24, 2.45) is 0 Å². The molecule has 0 unspecified atom stereocenters. The number of hydrogen-bond donors (Lipinski definition) is 1. The third kappa shape index (κ3) is 7.21. The smallest absolute Gasteiger partial charge is 0.331 e. The van der Waals surface area contributed by atoms with Gasteiger partial charge in [-0.25, -0.2) is 9.18 Å². The summed E-state index contributed by atoms with van der Waals surface area (Å²) < 4.78 is 29.0. The first-order valence-electron chi connectivity index (χ1n) is 10.0. The fourth-order valence-electron chi connectivity index (χ4n) is 2.84. The fraction of sp³-hybridized carbons (Fsp3) is 0.261. The highest BCUT2D eigenvalue weighted by Crippen LogP contribution is 2.38. The van der Waals surface area contributed by atoms with Crippen molar-refractivity contribution in [2.75, 3.05) is 38.7 Å². The number of esters is 1. The molecule has 0 saturated heterocycles. The zero-order chi connectivity index (χ0) is 23.8. The van der Waals surface area contributed by atoms with E-state index < -0.39 is 30.2 Å². The molecule has 0 bridgehead atoms. The van der Waals surface area contributed by atoms with E-state index in [-0.39, 0.29) is 6.54 Å². The topological polar surface area (TPSA) is 94.2 Å². The minimum atomic E-state index is -0.740. The number of carbonyl (C=O) groups excluding carboxylic acids is 3. The number of halogens is 2. The van der Waals surface area contributed by atoms with Gasteiger partial charge in [-0.3, -0.25) is 9.59 Å². The molecule has 3 rings (SSSR count). The van der Waals surface area contributed by atoms with E-state index in [1.807, 2.05) is 0 Å². The Kier molecular flexibility index (Phi) is 8.26. The first-order chi connectivity index (χ1) is 15.8. The summed E-state index contributed by atoms with van der Waals surface area (Å²) >= 11 is 6.22. The lowest BCUT2D eigenvalue weighted by molar-refractivity contribution is -0.148. The highest BCUT2D eigenvalue weighted by molar-refractivity contribution is 6.32. The standard InChI is InChI=1S/C23H22ClFN2O6/c1-27(13-20(28)26-17-6-4-16(25)5-7-17)21(29)14-33-22(30)8-3-15-11-18(24)23-19(12-15)31-9-2-10-32-23/h3-8,11-12H,2,9-10,13-14H2,1H3,(H,26,28). The summed E-state index contributed by atoms with van der Waals surface area (Å²) in [6.07, 6.45) is 3.37. The molecule has 1 aliphatic rings. The molecule has 2 amide bonds. The molecule has 0 atom stereocenters. The van der Waals surface area contributed by atoms with E-state index in [0.717, 1.165) is 17.4 Å². The molecule has 1 aliphatic heterocycles. The Labute approximate surface area is 194 Å². The first-order valence-corrected chi connectivity index (χ1v) is 10.4. The second kappa shape index (κ2) is 11.3. The Morgan fingerprint density at radius 1 is 1.18 bits per heavy atom. The lowest BCUT2D eigenvalue weighted by Crippen LogP contribution is -2.37. The van der Waals surface area contributed by atoms with E-state index in [1.54, 1.807) is 12.1 Å². The van der Waals surface area contributed by atoms with Gasteiger partial charge >= 0.3 is 5.97 Å². The minimum Gasteiger partial charge on any atom is -0.489 e. The van der Waals surface area contributed by atoms with Gasteiger partial charge in [0.25, 0.3) is 5.91 Å². The Morgan fingerprint density at radius 2 is 1.91 bits per heavy atom. The highest BCUT2D eigenvalue weighted by atomic mass is 35.5. The van der Waals surface area contributed by atoms with E-state index >= 15 is 0 Å². The van der Waals surface area contributed by atoms with Crippen LogP contribution >= 0.6 is 11.6 Å². The second-order valence-electron chi connectivity index (χ2n) is 7.13. The number of likely N-dealkylation sites (N-methyl/N-ethyl adjacent to an activating group) is 1. The summed E-state index contributed by atoms with van der Waals surface area (Å²) in [6.45, 7) is 0.200. The predicted molar refractivity (Wildman–Crippen MR) is 120 cm³/mol. The van der Waals surface area contributed by atoms with Gasteiger partial charge in [-0.05, 0) is 48.0 Å². The Balaban J connectivity index is 1.46. The maximum atomic E-state index is 12.9. The van der Waals surface area contributed by atoms with Gasteiger partial charge in [-0.15, -0.1) is 0 Å². The van der Waals surface area contributed by atoms with Crippen LogP contribution < -0.4 is 14.8 Å². The maximum Gasteiger partial charge on any atom is 0.331 e. The highest BCUT2D eigenvalue weighted by Gasteiger charge is 2.16. The third-order valence-electron chi connectivity index (χ3n) is 4.51. The van der Waals surface area contributed by atoms with Crippen molar-refractivity contribution >= 4 is 41.1 Å². The van der Waals surface area contributed by atoms with Crippen LogP contribution in [0, 0.1) is 5.82 Å². The van der Waals surface area contributed by atoms with E-state index in [2.05, 4.69) is 5.32 Å². The van der Waals surface area contributed by atoms with Gasteiger partial charge in [-0.1, -0.05) is 11.6 Å². The average molecular weight is 477 g/mol. The van der Waals surface area contributed by atoms with Crippen LogP contribution in [0.3, 0.4) is 0 Å². The number of amides is 2. The number of rotatable bonds is 7. The Morgan fingerprint density at radius 3 is 2.67 bits per heavy atom. The number of fused-ring (bicyclic) bond motifs is 1. The van der Waals surface area contributed by atoms with Crippen molar-refractivity contribution < 1.29 is 33.0 Å². The zero-order valence-electron chi connectivity index (χ0n) is 17.8. The van der Waals surface area contributed by atoms with Crippen molar-refractivity contribution in [1.29, 1.82) is 0 Å². The molecule has 0 aliphatic carbocycles. The second-order valence-corrected chi connectivity index (χ2v) is 7.53. The van der Waals surface area contributed by atoms with E-state index in [1.165, 1.54) is 37.4 Å². The molecular formula is C23H22ClFN2O6. The number of carbonyl (C=O) groups is 3. The van der Waals surface area contributed by atoms with Crippen LogP contribution in [0.25, 0.3) is 6.08 Å². The zero-order valence-corrected chi connectivity index (χ0v) is 18.6. The van der Waals surface area contributed by atoms with Gasteiger partial charge in [0, 0.05) is 25.2 Å². The van der Waals surface area contributed by atoms with E-state index in [4.69, 9.17) is 25.8 Å². The molecule has 1 heterocycles. The van der Waals surface area contributed by atoms with Crippen molar-refractivity contribution in [3.05, 3.63) is 58.9 Å². The average Bonchev–Trinajstić information content (AvgIpc) is 3.03. The Bertz CT molecular complexity index is 1060. The summed E-state index contributed by atoms with van der Waals surface area (Å²) in [5.74, 6) is -1.26. The minimum absolute atomic E-state index is 0.265. The van der Waals surface area contributed by atoms with Crippen LogP contribution in [-0.2, 0) is 19.1 Å². The van der Waals surface area contributed by atoms with Crippen LogP contribution in [0.15, 0.2) is 42.5 Å².